The Kier molecular flexibility index (Phi) is 6.03. The zero-order valence-electron chi connectivity index (χ0n) is 16.1. The lowest BCUT2D eigenvalue weighted by atomic mass is 9.87. The number of piperidine rings is 1. The lowest BCUT2D eigenvalue weighted by Gasteiger charge is -2.41. The Bertz CT molecular complexity index is 775. The summed E-state index contributed by atoms with van der Waals surface area (Å²) in [6.07, 6.45) is 1.77. The summed E-state index contributed by atoms with van der Waals surface area (Å²) >= 11 is 0. The number of hydrogen-bond acceptors (Lipinski definition) is 3. The van der Waals surface area contributed by atoms with Crippen LogP contribution in [0.4, 0.5) is 4.39 Å². The van der Waals surface area contributed by atoms with E-state index in [0.717, 1.165) is 31.5 Å². The van der Waals surface area contributed by atoms with Gasteiger partial charge in [-0.05, 0) is 36.1 Å². The molecule has 0 N–H and O–H groups in total. The van der Waals surface area contributed by atoms with Crippen molar-refractivity contribution in [3.8, 4) is 0 Å². The summed E-state index contributed by atoms with van der Waals surface area (Å²) in [7, 11) is 0. The van der Waals surface area contributed by atoms with E-state index in [1.54, 1.807) is 0 Å². The second-order valence-electron chi connectivity index (χ2n) is 7.69. The summed E-state index contributed by atoms with van der Waals surface area (Å²) < 4.78 is 18.8. The Balaban J connectivity index is 1.52. The van der Waals surface area contributed by atoms with E-state index in [2.05, 4.69) is 17.0 Å². The minimum atomic E-state index is -0.213. The molecule has 148 valence electrons. The van der Waals surface area contributed by atoms with E-state index in [9.17, 15) is 9.18 Å². The van der Waals surface area contributed by atoms with E-state index in [1.807, 2.05) is 35.2 Å². The first kappa shape index (κ1) is 19.1. The summed E-state index contributed by atoms with van der Waals surface area (Å²) in [5, 5.41) is 0. The minimum absolute atomic E-state index is 0.0125. The van der Waals surface area contributed by atoms with E-state index >= 15 is 0 Å². The average Bonchev–Trinajstić information content (AvgIpc) is 2.75. The van der Waals surface area contributed by atoms with Crippen molar-refractivity contribution in [2.75, 3.05) is 32.8 Å². The quantitative estimate of drug-likeness (QED) is 0.809. The maximum Gasteiger partial charge on any atom is 0.227 e. The van der Waals surface area contributed by atoms with Crippen molar-refractivity contribution in [3.63, 3.8) is 0 Å². The first-order valence-electron chi connectivity index (χ1n) is 10.1. The second-order valence-corrected chi connectivity index (χ2v) is 7.69. The smallest absolute Gasteiger partial charge is 0.227 e. The van der Waals surface area contributed by atoms with Gasteiger partial charge >= 0.3 is 0 Å². The minimum Gasteiger partial charge on any atom is -0.378 e. The molecule has 5 heteroatoms. The van der Waals surface area contributed by atoms with Gasteiger partial charge in [-0.3, -0.25) is 9.69 Å². The average molecular weight is 382 g/mol. The molecule has 4 rings (SSSR count). The van der Waals surface area contributed by atoms with Crippen molar-refractivity contribution in [2.45, 2.75) is 25.4 Å². The lowest BCUT2D eigenvalue weighted by molar-refractivity contribution is -0.142. The number of carbonyl (C=O) groups is 1. The molecule has 0 spiro atoms. The van der Waals surface area contributed by atoms with Gasteiger partial charge in [-0.1, -0.05) is 42.5 Å². The Hall–Kier alpha value is -2.24. The molecule has 28 heavy (non-hydrogen) atoms. The Labute approximate surface area is 165 Å². The fraction of sp³-hybridized carbons (Fsp3) is 0.435. The molecule has 2 atom stereocenters. The van der Waals surface area contributed by atoms with E-state index < -0.39 is 0 Å². The van der Waals surface area contributed by atoms with Crippen LogP contribution in [0, 0.1) is 11.7 Å². The van der Waals surface area contributed by atoms with Gasteiger partial charge in [0.25, 0.3) is 0 Å². The highest BCUT2D eigenvalue weighted by Gasteiger charge is 2.35. The number of nitrogens with zero attached hydrogens (tertiary/aromatic N) is 2. The van der Waals surface area contributed by atoms with Crippen LogP contribution in [0.5, 0.6) is 0 Å². The van der Waals surface area contributed by atoms with Crippen LogP contribution in [0.2, 0.25) is 0 Å². The molecule has 0 aliphatic carbocycles. The van der Waals surface area contributed by atoms with Gasteiger partial charge in [-0.15, -0.1) is 0 Å². The van der Waals surface area contributed by atoms with Crippen LogP contribution >= 0.6 is 0 Å². The van der Waals surface area contributed by atoms with Gasteiger partial charge in [0.15, 0.2) is 0 Å². The number of amides is 1. The highest BCUT2D eigenvalue weighted by atomic mass is 19.1. The Morgan fingerprint density at radius 3 is 2.43 bits per heavy atom. The van der Waals surface area contributed by atoms with E-state index in [-0.39, 0.29) is 23.7 Å². The van der Waals surface area contributed by atoms with Crippen LogP contribution < -0.4 is 0 Å². The molecule has 2 aromatic carbocycles. The van der Waals surface area contributed by atoms with Crippen LogP contribution in [-0.2, 0) is 16.1 Å². The van der Waals surface area contributed by atoms with Crippen LogP contribution in [0.25, 0.3) is 0 Å². The van der Waals surface area contributed by atoms with Crippen molar-refractivity contribution < 1.29 is 13.9 Å². The monoisotopic (exact) mass is 382 g/mol. The first-order chi connectivity index (χ1) is 13.7. The molecule has 0 bridgehead atoms. The number of ether oxygens (including phenoxy) is 1. The third-order valence-electron chi connectivity index (χ3n) is 5.84. The number of halogens is 1. The summed E-state index contributed by atoms with van der Waals surface area (Å²) in [5.74, 6) is 0.0481. The van der Waals surface area contributed by atoms with Crippen molar-refractivity contribution in [1.29, 1.82) is 0 Å². The predicted octanol–water partition coefficient (Wildman–Crippen LogP) is 3.64. The zero-order chi connectivity index (χ0) is 19.3. The highest BCUT2D eigenvalue weighted by molar-refractivity contribution is 5.79. The van der Waals surface area contributed by atoms with Gasteiger partial charge < -0.3 is 9.64 Å². The summed E-state index contributed by atoms with van der Waals surface area (Å²) in [6.45, 7) is 4.16. The maximum absolute atomic E-state index is 13.4. The molecular formula is C23H27FN2O2. The largest absolute Gasteiger partial charge is 0.378 e. The number of carbonyl (C=O) groups excluding carboxylic acids is 1. The normalized spacial score (nSPS) is 23.5. The maximum atomic E-state index is 13.4. The molecule has 1 amide bonds. The molecule has 4 nitrogen and oxygen atoms in total. The highest BCUT2D eigenvalue weighted by Crippen LogP contribution is 2.35. The van der Waals surface area contributed by atoms with Crippen LogP contribution in [0.3, 0.4) is 0 Å². The number of benzene rings is 2. The SMILES string of the molecule is O=C(C1CCC(c2ccc(F)cc2)N(Cc2ccccc2)C1)N1CCOCC1. The predicted molar refractivity (Wildman–Crippen MR) is 106 cm³/mol. The Morgan fingerprint density at radius 1 is 1.00 bits per heavy atom. The van der Waals surface area contributed by atoms with Crippen molar-refractivity contribution >= 4 is 5.91 Å². The molecular weight excluding hydrogens is 355 g/mol. The van der Waals surface area contributed by atoms with Gasteiger partial charge in [0.1, 0.15) is 5.82 Å². The first-order valence-corrected chi connectivity index (χ1v) is 10.1. The zero-order valence-corrected chi connectivity index (χ0v) is 16.1. The number of morpholine rings is 1. The molecule has 2 aromatic rings. The summed E-state index contributed by atoms with van der Waals surface area (Å²) in [6, 6.07) is 17.4. The number of rotatable bonds is 4. The second kappa shape index (κ2) is 8.84. The molecule has 0 radical (unpaired) electrons. The molecule has 0 saturated carbocycles. The van der Waals surface area contributed by atoms with Gasteiger partial charge in [0.2, 0.25) is 5.91 Å². The standard InChI is InChI=1S/C23H27FN2O2/c24-21-9-6-19(7-10-21)22-11-8-20(23(27)25-12-14-28-15-13-25)17-26(22)16-18-4-2-1-3-5-18/h1-7,9-10,20,22H,8,11-17H2. The molecule has 2 aliphatic rings. The van der Waals surface area contributed by atoms with E-state index in [4.69, 9.17) is 4.74 Å². The third-order valence-corrected chi connectivity index (χ3v) is 5.84. The van der Waals surface area contributed by atoms with E-state index in [0.29, 0.717) is 26.3 Å². The fourth-order valence-electron chi connectivity index (χ4n) is 4.34. The molecule has 2 unspecified atom stereocenters. The molecule has 0 aromatic heterocycles. The van der Waals surface area contributed by atoms with Crippen LogP contribution in [-0.4, -0.2) is 48.6 Å². The molecule has 2 saturated heterocycles. The summed E-state index contributed by atoms with van der Waals surface area (Å²) in [4.78, 5) is 17.4. The van der Waals surface area contributed by atoms with Crippen molar-refractivity contribution in [2.24, 2.45) is 5.92 Å². The van der Waals surface area contributed by atoms with Gasteiger partial charge in [-0.2, -0.15) is 0 Å². The lowest BCUT2D eigenvalue weighted by Crippen LogP contribution is -2.48. The van der Waals surface area contributed by atoms with Crippen LogP contribution in [0.15, 0.2) is 54.6 Å². The fourth-order valence-corrected chi connectivity index (χ4v) is 4.34. The summed E-state index contributed by atoms with van der Waals surface area (Å²) in [5.41, 5.74) is 2.35. The van der Waals surface area contributed by atoms with Gasteiger partial charge in [0, 0.05) is 32.2 Å². The number of hydrogen-bond donors (Lipinski definition) is 0. The third kappa shape index (κ3) is 4.42. The van der Waals surface area contributed by atoms with Gasteiger partial charge in [-0.25, -0.2) is 4.39 Å². The molecule has 2 fully saturated rings. The van der Waals surface area contributed by atoms with Gasteiger partial charge in [0.05, 0.1) is 19.1 Å². The van der Waals surface area contributed by atoms with E-state index in [1.165, 1.54) is 17.7 Å². The topological polar surface area (TPSA) is 32.8 Å². The van der Waals surface area contributed by atoms with Crippen molar-refractivity contribution in [1.82, 2.24) is 9.80 Å². The molecule has 2 aliphatic heterocycles. The Morgan fingerprint density at radius 2 is 1.71 bits per heavy atom. The molecule has 2 heterocycles. The van der Waals surface area contributed by atoms with Crippen LogP contribution in [0.1, 0.15) is 30.0 Å². The van der Waals surface area contributed by atoms with Crippen molar-refractivity contribution in [3.05, 3.63) is 71.5 Å². The number of likely N-dealkylation sites (tertiary alicyclic amines) is 1.